The van der Waals surface area contributed by atoms with E-state index in [1.165, 1.54) is 24.2 Å². The van der Waals surface area contributed by atoms with Crippen LogP contribution >= 0.6 is 11.3 Å². The number of carbonyl (C=O) groups is 1. The van der Waals surface area contributed by atoms with Gasteiger partial charge >= 0.3 is 5.97 Å². The van der Waals surface area contributed by atoms with Crippen LogP contribution in [0.1, 0.15) is 50.0 Å². The van der Waals surface area contributed by atoms with E-state index in [9.17, 15) is 4.79 Å². The van der Waals surface area contributed by atoms with Crippen LogP contribution in [0.25, 0.3) is 0 Å². The van der Waals surface area contributed by atoms with Crippen molar-refractivity contribution in [3.63, 3.8) is 0 Å². The molecule has 0 unspecified atom stereocenters. The summed E-state index contributed by atoms with van der Waals surface area (Å²) in [6.07, 6.45) is 4.74. The quantitative estimate of drug-likeness (QED) is 0.854. The monoisotopic (exact) mass is 242 g/mol. The van der Waals surface area contributed by atoms with Crippen LogP contribution in [0.5, 0.6) is 0 Å². The third-order valence-electron chi connectivity index (χ3n) is 2.46. The number of carboxylic acid groups (broad SMARTS) is 1. The number of nitrogens with zero attached hydrogens (tertiary/aromatic N) is 1. The first-order valence-electron chi connectivity index (χ1n) is 5.70. The van der Waals surface area contributed by atoms with Gasteiger partial charge < -0.3 is 10.4 Å². The average Bonchev–Trinajstić information content (AvgIpc) is 2.92. The SMILES string of the molecule is CC.O=C(O)c1ncsc1NC1CCCC1. The van der Waals surface area contributed by atoms with Gasteiger partial charge in [0.25, 0.3) is 0 Å². The summed E-state index contributed by atoms with van der Waals surface area (Å²) in [5.74, 6) is -0.952. The molecule has 2 rings (SSSR count). The van der Waals surface area contributed by atoms with E-state index < -0.39 is 5.97 Å². The molecule has 1 aromatic rings. The van der Waals surface area contributed by atoms with Crippen LogP contribution in [0, 0.1) is 0 Å². The highest BCUT2D eigenvalue weighted by Crippen LogP contribution is 2.26. The lowest BCUT2D eigenvalue weighted by Crippen LogP contribution is -2.15. The van der Waals surface area contributed by atoms with Gasteiger partial charge in [-0.25, -0.2) is 9.78 Å². The van der Waals surface area contributed by atoms with Crippen molar-refractivity contribution in [2.24, 2.45) is 0 Å². The minimum absolute atomic E-state index is 0.155. The Balaban J connectivity index is 0.000000606. The van der Waals surface area contributed by atoms with Gasteiger partial charge in [-0.2, -0.15) is 0 Å². The summed E-state index contributed by atoms with van der Waals surface area (Å²) in [5, 5.41) is 12.8. The Morgan fingerprint density at radius 3 is 2.69 bits per heavy atom. The number of aromatic nitrogens is 1. The first-order chi connectivity index (χ1) is 7.77. The summed E-state index contributed by atoms with van der Waals surface area (Å²) in [6, 6.07) is 0.438. The van der Waals surface area contributed by atoms with E-state index >= 15 is 0 Å². The first kappa shape index (κ1) is 13.0. The number of hydrogen-bond donors (Lipinski definition) is 2. The maximum Gasteiger partial charge on any atom is 0.357 e. The van der Waals surface area contributed by atoms with Crippen LogP contribution in [0.4, 0.5) is 5.00 Å². The molecule has 0 saturated heterocycles. The Morgan fingerprint density at radius 1 is 1.50 bits per heavy atom. The van der Waals surface area contributed by atoms with Crippen LogP contribution in [0.2, 0.25) is 0 Å². The zero-order chi connectivity index (χ0) is 12.0. The largest absolute Gasteiger partial charge is 0.476 e. The lowest BCUT2D eigenvalue weighted by molar-refractivity contribution is 0.0692. The van der Waals surface area contributed by atoms with Crippen LogP contribution in [0.3, 0.4) is 0 Å². The van der Waals surface area contributed by atoms with Gasteiger partial charge in [0.05, 0.1) is 5.51 Å². The molecule has 0 amide bonds. The van der Waals surface area contributed by atoms with Gasteiger partial charge in [0, 0.05) is 6.04 Å². The van der Waals surface area contributed by atoms with E-state index in [1.807, 2.05) is 13.8 Å². The van der Waals surface area contributed by atoms with E-state index in [2.05, 4.69) is 10.3 Å². The van der Waals surface area contributed by atoms with Gasteiger partial charge in [0.2, 0.25) is 0 Å². The highest BCUT2D eigenvalue weighted by Gasteiger charge is 2.19. The number of carboxylic acids is 1. The van der Waals surface area contributed by atoms with E-state index in [-0.39, 0.29) is 5.69 Å². The maximum atomic E-state index is 10.8. The first-order valence-corrected chi connectivity index (χ1v) is 6.58. The van der Waals surface area contributed by atoms with Crippen molar-refractivity contribution in [2.45, 2.75) is 45.6 Å². The normalized spacial score (nSPS) is 15.4. The molecule has 1 aromatic heterocycles. The molecule has 2 N–H and O–H groups in total. The number of aromatic carboxylic acids is 1. The van der Waals surface area contributed by atoms with Crippen LogP contribution in [0.15, 0.2) is 5.51 Å². The maximum absolute atomic E-state index is 10.8. The molecule has 1 saturated carbocycles. The van der Waals surface area contributed by atoms with Crippen molar-refractivity contribution in [1.29, 1.82) is 0 Å². The molecule has 1 aliphatic rings. The van der Waals surface area contributed by atoms with E-state index in [1.54, 1.807) is 5.51 Å². The minimum atomic E-state index is -0.952. The van der Waals surface area contributed by atoms with Crippen LogP contribution < -0.4 is 5.32 Å². The third kappa shape index (κ3) is 3.20. The molecule has 4 nitrogen and oxygen atoms in total. The second-order valence-electron chi connectivity index (χ2n) is 3.46. The van der Waals surface area contributed by atoms with Crippen molar-refractivity contribution >= 4 is 22.3 Å². The Morgan fingerprint density at radius 2 is 2.12 bits per heavy atom. The summed E-state index contributed by atoms with van der Waals surface area (Å²) < 4.78 is 0. The number of nitrogens with one attached hydrogen (secondary N) is 1. The number of anilines is 1. The van der Waals surface area contributed by atoms with E-state index in [0.717, 1.165) is 12.8 Å². The van der Waals surface area contributed by atoms with Gasteiger partial charge in [-0.05, 0) is 12.8 Å². The zero-order valence-corrected chi connectivity index (χ0v) is 10.5. The smallest absolute Gasteiger partial charge is 0.357 e. The van der Waals surface area contributed by atoms with Gasteiger partial charge in [0.15, 0.2) is 5.69 Å². The van der Waals surface area contributed by atoms with E-state index in [4.69, 9.17) is 5.11 Å². The fourth-order valence-electron chi connectivity index (χ4n) is 1.76. The highest BCUT2D eigenvalue weighted by atomic mass is 32.1. The Bertz CT molecular complexity index is 332. The van der Waals surface area contributed by atoms with Gasteiger partial charge in [0.1, 0.15) is 5.00 Å². The minimum Gasteiger partial charge on any atom is -0.476 e. The molecule has 90 valence electrons. The molecule has 1 heterocycles. The van der Waals surface area contributed by atoms with Crippen molar-refractivity contribution in [3.05, 3.63) is 11.2 Å². The molecule has 0 spiro atoms. The Hall–Kier alpha value is -1.10. The van der Waals surface area contributed by atoms with Gasteiger partial charge in [-0.1, -0.05) is 26.7 Å². The number of hydrogen-bond acceptors (Lipinski definition) is 4. The zero-order valence-electron chi connectivity index (χ0n) is 9.69. The molecule has 1 aliphatic carbocycles. The lowest BCUT2D eigenvalue weighted by Gasteiger charge is -2.11. The second-order valence-corrected chi connectivity index (χ2v) is 4.32. The molecular formula is C11H18N2O2S. The molecule has 0 radical (unpaired) electrons. The van der Waals surface area contributed by atoms with Crippen molar-refractivity contribution in [2.75, 3.05) is 5.32 Å². The fourth-order valence-corrected chi connectivity index (χ4v) is 2.51. The molecule has 0 aliphatic heterocycles. The predicted octanol–water partition coefficient (Wildman–Crippen LogP) is 3.22. The molecular weight excluding hydrogens is 224 g/mol. The van der Waals surface area contributed by atoms with Crippen LogP contribution in [-0.4, -0.2) is 22.1 Å². The molecule has 0 bridgehead atoms. The van der Waals surface area contributed by atoms with Crippen molar-refractivity contribution < 1.29 is 9.90 Å². The van der Waals surface area contributed by atoms with Gasteiger partial charge in [-0.3, -0.25) is 0 Å². The highest BCUT2D eigenvalue weighted by molar-refractivity contribution is 7.14. The third-order valence-corrected chi connectivity index (χ3v) is 3.22. The summed E-state index contributed by atoms with van der Waals surface area (Å²) in [7, 11) is 0. The van der Waals surface area contributed by atoms with Crippen LogP contribution in [-0.2, 0) is 0 Å². The lowest BCUT2D eigenvalue weighted by atomic mass is 10.2. The number of thiazole rings is 1. The molecule has 16 heavy (non-hydrogen) atoms. The topological polar surface area (TPSA) is 62.2 Å². The Labute approximate surface area is 99.7 Å². The molecule has 5 heteroatoms. The molecule has 0 aromatic carbocycles. The summed E-state index contributed by atoms with van der Waals surface area (Å²) in [5.41, 5.74) is 1.72. The average molecular weight is 242 g/mol. The summed E-state index contributed by atoms with van der Waals surface area (Å²) in [4.78, 5) is 14.6. The summed E-state index contributed by atoms with van der Waals surface area (Å²) >= 11 is 1.36. The standard InChI is InChI=1S/C9H12N2O2S.C2H6/c12-9(13)7-8(14-5-10-7)11-6-3-1-2-4-6;1-2/h5-6,11H,1-4H2,(H,12,13);1-2H3. The Kier molecular flexibility index (Phi) is 5.25. The van der Waals surface area contributed by atoms with Crippen molar-refractivity contribution in [3.8, 4) is 0 Å². The molecule has 0 atom stereocenters. The van der Waals surface area contributed by atoms with Gasteiger partial charge in [-0.15, -0.1) is 11.3 Å². The summed E-state index contributed by atoms with van der Waals surface area (Å²) in [6.45, 7) is 4.00. The molecule has 1 fully saturated rings. The fraction of sp³-hybridized carbons (Fsp3) is 0.636. The predicted molar refractivity (Wildman–Crippen MR) is 66.3 cm³/mol. The van der Waals surface area contributed by atoms with Crippen molar-refractivity contribution in [1.82, 2.24) is 4.98 Å². The second kappa shape index (κ2) is 6.48. The van der Waals surface area contributed by atoms with E-state index in [0.29, 0.717) is 11.0 Å². The number of rotatable bonds is 3.